The lowest BCUT2D eigenvalue weighted by atomic mass is 9.94. The first-order valence-corrected chi connectivity index (χ1v) is 9.64. The summed E-state index contributed by atoms with van der Waals surface area (Å²) in [4.78, 5) is 13.6. The van der Waals surface area contributed by atoms with Crippen LogP contribution in [0.5, 0.6) is 5.75 Å². The van der Waals surface area contributed by atoms with E-state index in [1.54, 1.807) is 19.5 Å². The summed E-state index contributed by atoms with van der Waals surface area (Å²) in [7, 11) is 7.53. The van der Waals surface area contributed by atoms with Crippen molar-refractivity contribution < 1.29 is 4.74 Å². The highest BCUT2D eigenvalue weighted by Crippen LogP contribution is 2.30. The lowest BCUT2D eigenvalue weighted by Gasteiger charge is -2.10. The van der Waals surface area contributed by atoms with Crippen LogP contribution in [0.25, 0.3) is 33.5 Å². The standard InChI is InChI=1S/C23H17BN6O/c1-31-17-7-8-19-18(11-17)23(28-22(26-19)15-5-3-9-25-13-15)27-21-12-20(29-30-21)14-4-2-6-16(24)10-14/h2-13H,1H3,(H2,26,27,28,29,30). The number of H-pyrrole nitrogens is 1. The zero-order valence-corrected chi connectivity index (χ0v) is 16.7. The van der Waals surface area contributed by atoms with Gasteiger partial charge in [-0.25, -0.2) is 9.97 Å². The number of hydrogen-bond donors (Lipinski definition) is 2. The summed E-state index contributed by atoms with van der Waals surface area (Å²) in [6.45, 7) is 0. The van der Waals surface area contributed by atoms with E-state index in [0.717, 1.165) is 33.5 Å². The van der Waals surface area contributed by atoms with Gasteiger partial charge in [-0.1, -0.05) is 29.7 Å². The second-order valence-electron chi connectivity index (χ2n) is 6.94. The van der Waals surface area contributed by atoms with Crippen LogP contribution in [-0.2, 0) is 0 Å². The van der Waals surface area contributed by atoms with Gasteiger partial charge < -0.3 is 10.1 Å². The lowest BCUT2D eigenvalue weighted by Crippen LogP contribution is -2.00. The Balaban J connectivity index is 1.58. The third-order valence-corrected chi connectivity index (χ3v) is 4.84. The number of rotatable bonds is 5. The third kappa shape index (κ3) is 3.83. The van der Waals surface area contributed by atoms with E-state index in [4.69, 9.17) is 22.6 Å². The molecule has 0 fully saturated rings. The number of pyridine rings is 1. The molecule has 0 aliphatic carbocycles. The van der Waals surface area contributed by atoms with Crippen molar-refractivity contribution in [2.75, 3.05) is 12.4 Å². The molecule has 8 heteroatoms. The number of benzene rings is 2. The molecule has 0 aliphatic heterocycles. The maximum absolute atomic E-state index is 5.90. The second-order valence-corrected chi connectivity index (χ2v) is 6.94. The number of fused-ring (bicyclic) bond motifs is 1. The minimum Gasteiger partial charge on any atom is -0.497 e. The molecule has 0 amide bonds. The normalized spacial score (nSPS) is 10.9. The predicted molar refractivity (Wildman–Crippen MR) is 122 cm³/mol. The highest BCUT2D eigenvalue weighted by molar-refractivity contribution is 6.32. The van der Waals surface area contributed by atoms with E-state index >= 15 is 0 Å². The molecule has 5 rings (SSSR count). The van der Waals surface area contributed by atoms with Gasteiger partial charge in [-0.2, -0.15) is 5.10 Å². The monoisotopic (exact) mass is 404 g/mol. The summed E-state index contributed by atoms with van der Waals surface area (Å²) in [6.07, 6.45) is 3.46. The van der Waals surface area contributed by atoms with Crippen molar-refractivity contribution in [2.24, 2.45) is 0 Å². The van der Waals surface area contributed by atoms with Crippen molar-refractivity contribution in [1.29, 1.82) is 0 Å². The molecule has 3 aromatic heterocycles. The molecule has 2 N–H and O–H groups in total. The van der Waals surface area contributed by atoms with Gasteiger partial charge in [0.2, 0.25) is 0 Å². The lowest BCUT2D eigenvalue weighted by molar-refractivity contribution is 0.415. The summed E-state index contributed by atoms with van der Waals surface area (Å²) in [5.41, 5.74) is 4.09. The largest absolute Gasteiger partial charge is 0.497 e. The molecule has 0 spiro atoms. The van der Waals surface area contributed by atoms with Gasteiger partial charge in [0.05, 0.1) is 18.3 Å². The molecule has 0 saturated carbocycles. The second kappa shape index (κ2) is 7.91. The Hall–Kier alpha value is -4.20. The zero-order chi connectivity index (χ0) is 21.2. The first-order valence-electron chi connectivity index (χ1n) is 9.64. The topological polar surface area (TPSA) is 88.6 Å². The number of aromatic amines is 1. The first-order chi connectivity index (χ1) is 15.2. The molecule has 0 aliphatic rings. The molecule has 2 radical (unpaired) electrons. The van der Waals surface area contributed by atoms with Gasteiger partial charge in [0.25, 0.3) is 0 Å². The Kier molecular flexibility index (Phi) is 4.80. The van der Waals surface area contributed by atoms with Crippen LogP contribution < -0.4 is 15.5 Å². The minimum atomic E-state index is 0.569. The smallest absolute Gasteiger partial charge is 0.163 e. The number of nitrogens with zero attached hydrogens (tertiary/aromatic N) is 4. The number of nitrogens with one attached hydrogen (secondary N) is 2. The van der Waals surface area contributed by atoms with Crippen molar-refractivity contribution in [3.8, 4) is 28.4 Å². The summed E-state index contributed by atoms with van der Waals surface area (Å²) < 4.78 is 5.39. The van der Waals surface area contributed by atoms with E-state index in [9.17, 15) is 0 Å². The zero-order valence-electron chi connectivity index (χ0n) is 16.7. The van der Waals surface area contributed by atoms with Crippen LogP contribution in [0.2, 0.25) is 0 Å². The van der Waals surface area contributed by atoms with Crippen molar-refractivity contribution in [2.45, 2.75) is 0 Å². The van der Waals surface area contributed by atoms with Crippen LogP contribution >= 0.6 is 0 Å². The first kappa shape index (κ1) is 18.8. The van der Waals surface area contributed by atoms with E-state index in [-0.39, 0.29) is 0 Å². The molecule has 0 atom stereocenters. The Morgan fingerprint density at radius 2 is 1.87 bits per heavy atom. The van der Waals surface area contributed by atoms with Crippen LogP contribution in [-0.4, -0.2) is 40.1 Å². The number of anilines is 2. The van der Waals surface area contributed by atoms with Crippen LogP contribution in [0, 0.1) is 0 Å². The Morgan fingerprint density at radius 3 is 2.68 bits per heavy atom. The summed E-state index contributed by atoms with van der Waals surface area (Å²) >= 11 is 0. The van der Waals surface area contributed by atoms with Crippen molar-refractivity contribution >= 4 is 35.8 Å². The fraction of sp³-hybridized carbons (Fsp3) is 0.0435. The van der Waals surface area contributed by atoms with E-state index < -0.39 is 0 Å². The van der Waals surface area contributed by atoms with Crippen molar-refractivity contribution in [3.05, 3.63) is 73.1 Å². The van der Waals surface area contributed by atoms with Crippen molar-refractivity contribution in [3.63, 3.8) is 0 Å². The molecule has 7 nitrogen and oxygen atoms in total. The Labute approximate surface area is 180 Å². The van der Waals surface area contributed by atoms with Gasteiger partial charge >= 0.3 is 0 Å². The minimum absolute atomic E-state index is 0.569. The predicted octanol–water partition coefficient (Wildman–Crippen LogP) is 3.63. The maximum Gasteiger partial charge on any atom is 0.163 e. The summed E-state index contributed by atoms with van der Waals surface area (Å²) in [5.74, 6) is 2.53. The van der Waals surface area contributed by atoms with Gasteiger partial charge in [0.1, 0.15) is 19.4 Å². The van der Waals surface area contributed by atoms with Crippen LogP contribution in [0.1, 0.15) is 0 Å². The number of hydrogen-bond acceptors (Lipinski definition) is 6. The van der Waals surface area contributed by atoms with E-state index in [0.29, 0.717) is 22.9 Å². The van der Waals surface area contributed by atoms with E-state index in [2.05, 4.69) is 20.5 Å². The van der Waals surface area contributed by atoms with Gasteiger partial charge in [0, 0.05) is 29.4 Å². The molecule has 0 unspecified atom stereocenters. The average molecular weight is 404 g/mol. The van der Waals surface area contributed by atoms with Gasteiger partial charge in [0.15, 0.2) is 11.6 Å². The van der Waals surface area contributed by atoms with Crippen LogP contribution in [0.4, 0.5) is 11.6 Å². The molecule has 31 heavy (non-hydrogen) atoms. The summed E-state index contributed by atoms with van der Waals surface area (Å²) in [6, 6.07) is 19.0. The molecule has 0 saturated heterocycles. The van der Waals surface area contributed by atoms with Crippen LogP contribution in [0.3, 0.4) is 0 Å². The number of ether oxygens (including phenoxy) is 1. The maximum atomic E-state index is 5.90. The SMILES string of the molecule is [B]c1cccc(-c2cc(Nc3nc(-c4cccnc4)nc4ccc(OC)cc34)n[nH]2)c1. The van der Waals surface area contributed by atoms with E-state index in [1.807, 2.05) is 60.7 Å². The molecular weight excluding hydrogens is 387 g/mol. The van der Waals surface area contributed by atoms with Crippen molar-refractivity contribution in [1.82, 2.24) is 25.1 Å². The van der Waals surface area contributed by atoms with E-state index in [1.165, 1.54) is 0 Å². The molecule has 0 bridgehead atoms. The Morgan fingerprint density at radius 1 is 0.968 bits per heavy atom. The third-order valence-electron chi connectivity index (χ3n) is 4.84. The fourth-order valence-electron chi connectivity index (χ4n) is 3.32. The molecule has 148 valence electrons. The number of methoxy groups -OCH3 is 1. The molecule has 5 aromatic rings. The Bertz CT molecular complexity index is 1370. The highest BCUT2D eigenvalue weighted by Gasteiger charge is 2.13. The van der Waals surface area contributed by atoms with Gasteiger partial charge in [-0.15, -0.1) is 0 Å². The van der Waals surface area contributed by atoms with Crippen LogP contribution in [0.15, 0.2) is 73.1 Å². The fourth-order valence-corrected chi connectivity index (χ4v) is 3.32. The summed E-state index contributed by atoms with van der Waals surface area (Å²) in [5, 5.41) is 11.6. The average Bonchev–Trinajstić information content (AvgIpc) is 3.28. The highest BCUT2D eigenvalue weighted by atomic mass is 16.5. The molecule has 2 aromatic carbocycles. The quantitative estimate of drug-likeness (QED) is 0.435. The molecular formula is C23H17BN6O. The molecule has 3 heterocycles. The number of aromatic nitrogens is 5. The van der Waals surface area contributed by atoms with Gasteiger partial charge in [-0.05, 0) is 35.9 Å². The van der Waals surface area contributed by atoms with Gasteiger partial charge in [-0.3, -0.25) is 10.1 Å².